The molecule has 2 aliphatic carbocycles. The monoisotopic (exact) mass is 416 g/mol. The van der Waals surface area contributed by atoms with Crippen molar-refractivity contribution >= 4 is 10.0 Å². The summed E-state index contributed by atoms with van der Waals surface area (Å²) in [6.45, 7) is 4.04. The number of alkyl halides is 3. The fourth-order valence-electron chi connectivity index (χ4n) is 5.20. The highest BCUT2D eigenvalue weighted by molar-refractivity contribution is 7.90. The normalized spacial score (nSPS) is 30.3. The minimum absolute atomic E-state index is 0.0185. The lowest BCUT2D eigenvalue weighted by Gasteiger charge is -2.36. The average molecular weight is 417 g/mol. The molecule has 28 heavy (non-hydrogen) atoms. The molecule has 0 radical (unpaired) electrons. The molecule has 1 unspecified atom stereocenters. The Balaban J connectivity index is 1.37. The van der Waals surface area contributed by atoms with Gasteiger partial charge in [-0.15, -0.1) is 0 Å². The lowest BCUT2D eigenvalue weighted by molar-refractivity contribution is -0.0487. The van der Waals surface area contributed by atoms with Gasteiger partial charge in [-0.1, -0.05) is 31.2 Å². The molecule has 156 valence electrons. The lowest BCUT2D eigenvalue weighted by Crippen LogP contribution is -2.43. The summed E-state index contributed by atoms with van der Waals surface area (Å²) in [7, 11) is -5.17. The van der Waals surface area contributed by atoms with Crippen molar-refractivity contribution in [1.29, 1.82) is 0 Å². The van der Waals surface area contributed by atoms with Crippen LogP contribution in [-0.4, -0.2) is 55.4 Å². The van der Waals surface area contributed by atoms with E-state index in [2.05, 4.69) is 36.1 Å². The largest absolute Gasteiger partial charge is 0.511 e. The summed E-state index contributed by atoms with van der Waals surface area (Å²) in [5.74, 6) is 0.475. The van der Waals surface area contributed by atoms with E-state index in [0.29, 0.717) is 16.3 Å². The van der Waals surface area contributed by atoms with Crippen molar-refractivity contribution in [3.63, 3.8) is 0 Å². The van der Waals surface area contributed by atoms with E-state index >= 15 is 0 Å². The SMILES string of the molecule is CCCN(C[C@@H]1[C@H]2CN(S(=O)(=O)C(F)(F)F)C[C@@H]12)C1CCc2ccccc2C1. The zero-order chi connectivity index (χ0) is 20.1. The second kappa shape index (κ2) is 7.29. The smallest absolute Gasteiger partial charge is 0.300 e. The first-order valence-corrected chi connectivity index (χ1v) is 11.5. The Morgan fingerprint density at radius 3 is 2.39 bits per heavy atom. The maximum absolute atomic E-state index is 12.8. The molecule has 0 spiro atoms. The molecule has 4 rings (SSSR count). The Morgan fingerprint density at radius 2 is 1.79 bits per heavy atom. The first-order chi connectivity index (χ1) is 13.2. The first kappa shape index (κ1) is 20.2. The van der Waals surface area contributed by atoms with E-state index in [-0.39, 0.29) is 24.9 Å². The van der Waals surface area contributed by atoms with E-state index in [4.69, 9.17) is 0 Å². The molecule has 0 bridgehead atoms. The number of hydrogen-bond acceptors (Lipinski definition) is 3. The van der Waals surface area contributed by atoms with E-state index < -0.39 is 15.5 Å². The van der Waals surface area contributed by atoms with Crippen LogP contribution in [0.4, 0.5) is 13.2 Å². The molecule has 1 aromatic rings. The van der Waals surface area contributed by atoms with Gasteiger partial charge in [-0.2, -0.15) is 17.5 Å². The van der Waals surface area contributed by atoms with Gasteiger partial charge in [-0.25, -0.2) is 8.42 Å². The van der Waals surface area contributed by atoms with E-state index in [1.807, 2.05) is 0 Å². The second-order valence-corrected chi connectivity index (χ2v) is 10.3. The molecule has 3 aliphatic rings. The molecule has 1 saturated carbocycles. The number of hydrogen-bond donors (Lipinski definition) is 0. The van der Waals surface area contributed by atoms with Crippen molar-refractivity contribution in [3.05, 3.63) is 35.4 Å². The standard InChI is InChI=1S/C20H27F3N2O2S/c1-2-9-24(16-8-7-14-5-3-4-6-15(14)10-16)11-17-18-12-25(13-19(17)18)28(26,27)20(21,22)23/h3-6,16-19H,2,7-13H2,1H3/t16?,17-,18-,19+. The Bertz CT molecular complexity index is 815. The summed E-state index contributed by atoms with van der Waals surface area (Å²) in [5, 5.41) is 0. The first-order valence-electron chi connectivity index (χ1n) is 10.1. The minimum Gasteiger partial charge on any atom is -0.300 e. The molecule has 0 N–H and O–H groups in total. The van der Waals surface area contributed by atoms with Gasteiger partial charge in [0.15, 0.2) is 0 Å². The van der Waals surface area contributed by atoms with Gasteiger partial charge in [-0.3, -0.25) is 4.90 Å². The molecule has 1 aromatic carbocycles. The van der Waals surface area contributed by atoms with Crippen molar-refractivity contribution in [1.82, 2.24) is 9.21 Å². The topological polar surface area (TPSA) is 40.6 Å². The van der Waals surface area contributed by atoms with Gasteiger partial charge in [0.2, 0.25) is 0 Å². The summed E-state index contributed by atoms with van der Waals surface area (Å²) < 4.78 is 62.1. The van der Waals surface area contributed by atoms with Crippen LogP contribution in [0, 0.1) is 17.8 Å². The molecule has 1 saturated heterocycles. The Labute approximate surface area is 164 Å². The van der Waals surface area contributed by atoms with Crippen molar-refractivity contribution in [3.8, 4) is 0 Å². The highest BCUT2D eigenvalue weighted by Crippen LogP contribution is 2.53. The van der Waals surface area contributed by atoms with Crippen molar-refractivity contribution in [2.45, 2.75) is 44.2 Å². The molecule has 0 amide bonds. The maximum Gasteiger partial charge on any atom is 0.511 e. The van der Waals surface area contributed by atoms with E-state index in [1.54, 1.807) is 0 Å². The Kier molecular flexibility index (Phi) is 5.25. The van der Waals surface area contributed by atoms with Gasteiger partial charge >= 0.3 is 15.5 Å². The van der Waals surface area contributed by atoms with Gasteiger partial charge < -0.3 is 0 Å². The number of sulfonamides is 1. The van der Waals surface area contributed by atoms with Crippen LogP contribution < -0.4 is 0 Å². The van der Waals surface area contributed by atoms with E-state index in [0.717, 1.165) is 38.8 Å². The van der Waals surface area contributed by atoms with Crippen molar-refractivity contribution < 1.29 is 21.6 Å². The number of benzene rings is 1. The summed E-state index contributed by atoms with van der Waals surface area (Å²) in [6.07, 6.45) is 4.23. The van der Waals surface area contributed by atoms with Gasteiger partial charge in [0, 0.05) is 25.7 Å². The predicted octanol–water partition coefficient (Wildman–Crippen LogP) is 3.28. The molecule has 0 aromatic heterocycles. The quantitative estimate of drug-likeness (QED) is 0.715. The van der Waals surface area contributed by atoms with Crippen LogP contribution in [0.25, 0.3) is 0 Å². The molecule has 2 fully saturated rings. The van der Waals surface area contributed by atoms with Crippen LogP contribution in [-0.2, 0) is 22.9 Å². The Hall–Kier alpha value is -1.12. The molecule has 1 heterocycles. The van der Waals surface area contributed by atoms with E-state index in [1.165, 1.54) is 11.1 Å². The zero-order valence-electron chi connectivity index (χ0n) is 16.0. The van der Waals surface area contributed by atoms with Crippen LogP contribution in [0.5, 0.6) is 0 Å². The van der Waals surface area contributed by atoms with E-state index in [9.17, 15) is 21.6 Å². The summed E-state index contributed by atoms with van der Waals surface area (Å²) in [4.78, 5) is 2.50. The summed E-state index contributed by atoms with van der Waals surface area (Å²) in [5.41, 5.74) is -2.37. The maximum atomic E-state index is 12.8. The van der Waals surface area contributed by atoms with Crippen LogP contribution in [0.15, 0.2) is 24.3 Å². The third kappa shape index (κ3) is 3.59. The number of halogens is 3. The fourth-order valence-corrected chi connectivity index (χ4v) is 6.22. The van der Waals surface area contributed by atoms with Crippen molar-refractivity contribution in [2.75, 3.05) is 26.2 Å². The number of piperidine rings is 1. The number of fused-ring (bicyclic) bond motifs is 2. The van der Waals surface area contributed by atoms with Crippen molar-refractivity contribution in [2.24, 2.45) is 17.8 Å². The van der Waals surface area contributed by atoms with Gasteiger partial charge in [0.25, 0.3) is 0 Å². The zero-order valence-corrected chi connectivity index (χ0v) is 16.8. The molecule has 4 atom stereocenters. The molecular formula is C20H27F3N2O2S. The Morgan fingerprint density at radius 1 is 1.14 bits per heavy atom. The number of aryl methyl sites for hydroxylation is 1. The third-order valence-corrected chi connectivity index (χ3v) is 8.33. The van der Waals surface area contributed by atoms with Crippen LogP contribution in [0.2, 0.25) is 0 Å². The van der Waals surface area contributed by atoms with Crippen LogP contribution in [0.3, 0.4) is 0 Å². The fraction of sp³-hybridized carbons (Fsp3) is 0.700. The molecule has 4 nitrogen and oxygen atoms in total. The second-order valence-electron chi connectivity index (χ2n) is 8.42. The third-order valence-electron chi connectivity index (χ3n) is 6.76. The van der Waals surface area contributed by atoms with Crippen LogP contribution in [0.1, 0.15) is 30.9 Å². The van der Waals surface area contributed by atoms with Crippen LogP contribution >= 0.6 is 0 Å². The highest BCUT2D eigenvalue weighted by Gasteiger charge is 2.62. The molecular weight excluding hydrogens is 389 g/mol. The summed E-state index contributed by atoms with van der Waals surface area (Å²) in [6, 6.07) is 9.00. The number of nitrogens with zero attached hydrogens (tertiary/aromatic N) is 2. The highest BCUT2D eigenvalue weighted by atomic mass is 32.2. The number of rotatable bonds is 6. The molecule has 1 aliphatic heterocycles. The molecule has 8 heteroatoms. The summed E-state index contributed by atoms with van der Waals surface area (Å²) >= 11 is 0. The predicted molar refractivity (Wildman–Crippen MR) is 101 cm³/mol. The minimum atomic E-state index is -5.19. The van der Waals surface area contributed by atoms with Gasteiger partial charge in [0.1, 0.15) is 0 Å². The lowest BCUT2D eigenvalue weighted by atomic mass is 9.87. The van der Waals surface area contributed by atoms with Gasteiger partial charge in [-0.05, 0) is 61.1 Å². The average Bonchev–Trinajstić information content (AvgIpc) is 3.08. The van der Waals surface area contributed by atoms with Gasteiger partial charge in [0.05, 0.1) is 0 Å².